The number of carbonyl (C=O) groups excluding carboxylic acids is 2. The molecule has 1 aliphatic rings. The van der Waals surface area contributed by atoms with Gasteiger partial charge in [-0.15, -0.1) is 11.3 Å². The summed E-state index contributed by atoms with van der Waals surface area (Å²) in [5, 5.41) is 0.985. The molecule has 0 bridgehead atoms. The van der Waals surface area contributed by atoms with Gasteiger partial charge in [0.1, 0.15) is 12.3 Å². The molecule has 1 amide bonds. The molecular formula is C19H22N2O4S. The lowest BCUT2D eigenvalue weighted by atomic mass is 10.1. The van der Waals surface area contributed by atoms with Gasteiger partial charge in [0, 0.05) is 10.4 Å². The predicted molar refractivity (Wildman–Crippen MR) is 101 cm³/mol. The third-order valence-corrected chi connectivity index (χ3v) is 5.01. The number of hydrogen-bond acceptors (Lipinski definition) is 6. The summed E-state index contributed by atoms with van der Waals surface area (Å²) in [5.74, 6) is -0.0849. The lowest BCUT2D eigenvalue weighted by molar-refractivity contribution is -0.143. The van der Waals surface area contributed by atoms with E-state index in [4.69, 9.17) is 9.47 Å². The van der Waals surface area contributed by atoms with Gasteiger partial charge >= 0.3 is 5.97 Å². The van der Waals surface area contributed by atoms with Crippen LogP contribution >= 0.6 is 11.3 Å². The number of aromatic nitrogens is 1. The number of esters is 1. The van der Waals surface area contributed by atoms with Crippen molar-refractivity contribution in [2.75, 3.05) is 24.7 Å². The van der Waals surface area contributed by atoms with E-state index in [1.54, 1.807) is 11.3 Å². The SMILES string of the molecule is CCCCOC(=O)CN1C(=O)COc2ccc(-c3nc(C)sc3C)cc21. The zero-order valence-corrected chi connectivity index (χ0v) is 16.0. The van der Waals surface area contributed by atoms with Crippen LogP contribution in [0.15, 0.2) is 18.2 Å². The van der Waals surface area contributed by atoms with Gasteiger partial charge in [0.15, 0.2) is 6.61 Å². The second-order valence-electron chi connectivity index (χ2n) is 6.16. The van der Waals surface area contributed by atoms with Gasteiger partial charge in [0.25, 0.3) is 5.91 Å². The van der Waals surface area contributed by atoms with Gasteiger partial charge in [-0.05, 0) is 38.5 Å². The van der Waals surface area contributed by atoms with Crippen LogP contribution in [-0.4, -0.2) is 36.6 Å². The molecule has 6 nitrogen and oxygen atoms in total. The van der Waals surface area contributed by atoms with Crippen molar-refractivity contribution >= 4 is 28.9 Å². The number of fused-ring (bicyclic) bond motifs is 1. The molecular weight excluding hydrogens is 352 g/mol. The molecule has 0 fully saturated rings. The minimum atomic E-state index is -0.411. The predicted octanol–water partition coefficient (Wildman–Crippen LogP) is 3.50. The Morgan fingerprint density at radius 2 is 2.19 bits per heavy atom. The number of carbonyl (C=O) groups is 2. The first-order valence-electron chi connectivity index (χ1n) is 8.66. The Labute approximate surface area is 156 Å². The van der Waals surface area contributed by atoms with E-state index in [1.165, 1.54) is 4.90 Å². The molecule has 26 heavy (non-hydrogen) atoms. The van der Waals surface area contributed by atoms with Crippen LogP contribution in [-0.2, 0) is 14.3 Å². The molecule has 0 atom stereocenters. The number of unbranched alkanes of at least 4 members (excludes halogenated alkanes) is 1. The third-order valence-electron chi connectivity index (χ3n) is 4.13. The van der Waals surface area contributed by atoms with E-state index < -0.39 is 5.97 Å². The number of benzene rings is 1. The molecule has 0 N–H and O–H groups in total. The number of thiazole rings is 1. The molecule has 0 aliphatic carbocycles. The summed E-state index contributed by atoms with van der Waals surface area (Å²) in [5.41, 5.74) is 2.36. The molecule has 1 aromatic carbocycles. The standard InChI is InChI=1S/C19H22N2O4S/c1-4-5-8-24-18(23)10-21-15-9-14(19-12(2)26-13(3)20-19)6-7-16(15)25-11-17(21)22/h6-7,9H,4-5,8,10-11H2,1-3H3. The van der Waals surface area contributed by atoms with Crippen molar-refractivity contribution < 1.29 is 19.1 Å². The smallest absolute Gasteiger partial charge is 0.326 e. The lowest BCUT2D eigenvalue weighted by Crippen LogP contribution is -2.42. The molecule has 1 aliphatic heterocycles. The van der Waals surface area contributed by atoms with Gasteiger partial charge in [0.05, 0.1) is 23.0 Å². The molecule has 3 rings (SSSR count). The van der Waals surface area contributed by atoms with Crippen molar-refractivity contribution in [3.05, 3.63) is 28.1 Å². The van der Waals surface area contributed by atoms with Crippen molar-refractivity contribution in [3.8, 4) is 17.0 Å². The number of ether oxygens (including phenoxy) is 2. The van der Waals surface area contributed by atoms with Crippen molar-refractivity contribution in [1.29, 1.82) is 0 Å². The molecule has 0 radical (unpaired) electrons. The minimum Gasteiger partial charge on any atom is -0.482 e. The van der Waals surface area contributed by atoms with Gasteiger partial charge in [-0.2, -0.15) is 0 Å². The number of nitrogens with zero attached hydrogens (tertiary/aromatic N) is 2. The number of hydrogen-bond donors (Lipinski definition) is 0. The second kappa shape index (κ2) is 7.86. The van der Waals surface area contributed by atoms with Crippen LogP contribution in [0.4, 0.5) is 5.69 Å². The highest BCUT2D eigenvalue weighted by Gasteiger charge is 2.28. The second-order valence-corrected chi connectivity index (χ2v) is 7.57. The maximum absolute atomic E-state index is 12.3. The van der Waals surface area contributed by atoms with E-state index in [2.05, 4.69) is 4.98 Å². The van der Waals surface area contributed by atoms with Crippen LogP contribution in [0.3, 0.4) is 0 Å². The minimum absolute atomic E-state index is 0.0799. The summed E-state index contributed by atoms with van der Waals surface area (Å²) in [6.07, 6.45) is 1.76. The van der Waals surface area contributed by atoms with Crippen molar-refractivity contribution in [2.45, 2.75) is 33.6 Å². The average molecular weight is 374 g/mol. The van der Waals surface area contributed by atoms with Gasteiger partial charge in [0.2, 0.25) is 0 Å². The number of amides is 1. The fraction of sp³-hybridized carbons (Fsp3) is 0.421. The van der Waals surface area contributed by atoms with Gasteiger partial charge < -0.3 is 9.47 Å². The van der Waals surface area contributed by atoms with E-state index >= 15 is 0 Å². The zero-order chi connectivity index (χ0) is 18.7. The van der Waals surface area contributed by atoms with E-state index in [0.717, 1.165) is 34.0 Å². The van der Waals surface area contributed by atoms with E-state index in [9.17, 15) is 9.59 Å². The largest absolute Gasteiger partial charge is 0.482 e. The molecule has 0 saturated heterocycles. The van der Waals surface area contributed by atoms with Crippen LogP contribution in [0.5, 0.6) is 5.75 Å². The van der Waals surface area contributed by atoms with Crippen LogP contribution in [0.2, 0.25) is 0 Å². The number of rotatable bonds is 6. The highest BCUT2D eigenvalue weighted by atomic mass is 32.1. The molecule has 1 aromatic heterocycles. The highest BCUT2D eigenvalue weighted by Crippen LogP contribution is 2.37. The Morgan fingerprint density at radius 3 is 2.88 bits per heavy atom. The zero-order valence-electron chi connectivity index (χ0n) is 15.2. The van der Waals surface area contributed by atoms with Gasteiger partial charge in [-0.3, -0.25) is 14.5 Å². The topological polar surface area (TPSA) is 68.7 Å². The molecule has 0 unspecified atom stereocenters. The Bertz CT molecular complexity index is 831. The van der Waals surface area contributed by atoms with Crippen LogP contribution in [0.25, 0.3) is 11.3 Å². The molecule has 138 valence electrons. The maximum atomic E-state index is 12.3. The van der Waals surface area contributed by atoms with Gasteiger partial charge in [-0.25, -0.2) is 4.98 Å². The Kier molecular flexibility index (Phi) is 5.56. The first-order chi connectivity index (χ1) is 12.5. The highest BCUT2D eigenvalue weighted by molar-refractivity contribution is 7.11. The molecule has 2 heterocycles. The fourth-order valence-corrected chi connectivity index (χ4v) is 3.66. The summed E-state index contributed by atoms with van der Waals surface area (Å²) in [6, 6.07) is 5.60. The Morgan fingerprint density at radius 1 is 1.38 bits per heavy atom. The summed E-state index contributed by atoms with van der Waals surface area (Å²) in [7, 11) is 0. The van der Waals surface area contributed by atoms with Crippen LogP contribution < -0.4 is 9.64 Å². The third kappa shape index (κ3) is 3.88. The normalized spacial score (nSPS) is 13.3. The van der Waals surface area contributed by atoms with Crippen molar-refractivity contribution in [1.82, 2.24) is 4.98 Å². The van der Waals surface area contributed by atoms with E-state index in [1.807, 2.05) is 39.0 Å². The number of anilines is 1. The fourth-order valence-electron chi connectivity index (χ4n) is 2.82. The molecule has 0 spiro atoms. The van der Waals surface area contributed by atoms with Crippen LogP contribution in [0.1, 0.15) is 29.7 Å². The number of aryl methyl sites for hydroxylation is 2. The van der Waals surface area contributed by atoms with E-state index in [0.29, 0.717) is 18.0 Å². The van der Waals surface area contributed by atoms with Gasteiger partial charge in [-0.1, -0.05) is 13.3 Å². The Balaban J connectivity index is 1.87. The molecule has 2 aromatic rings. The first-order valence-corrected chi connectivity index (χ1v) is 9.48. The van der Waals surface area contributed by atoms with Crippen LogP contribution in [0, 0.1) is 13.8 Å². The lowest BCUT2D eigenvalue weighted by Gasteiger charge is -2.29. The summed E-state index contributed by atoms with van der Waals surface area (Å²) < 4.78 is 10.7. The quantitative estimate of drug-likeness (QED) is 0.572. The molecule has 7 heteroatoms. The average Bonchev–Trinajstić information content (AvgIpc) is 2.95. The van der Waals surface area contributed by atoms with Crippen molar-refractivity contribution in [3.63, 3.8) is 0 Å². The monoisotopic (exact) mass is 374 g/mol. The first kappa shape index (κ1) is 18.4. The summed E-state index contributed by atoms with van der Waals surface area (Å²) in [4.78, 5) is 31.5. The summed E-state index contributed by atoms with van der Waals surface area (Å²) in [6.45, 7) is 6.19. The van der Waals surface area contributed by atoms with Crippen molar-refractivity contribution in [2.24, 2.45) is 0 Å². The Hall–Kier alpha value is -2.41. The molecule has 0 saturated carbocycles. The van der Waals surface area contributed by atoms with E-state index in [-0.39, 0.29) is 19.1 Å². The maximum Gasteiger partial charge on any atom is 0.326 e. The summed E-state index contributed by atoms with van der Waals surface area (Å²) >= 11 is 1.63.